The maximum absolute atomic E-state index is 5.60. The predicted molar refractivity (Wildman–Crippen MR) is 63.4 cm³/mol. The monoisotopic (exact) mass is 202 g/mol. The van der Waals surface area contributed by atoms with Gasteiger partial charge in [0.25, 0.3) is 0 Å². The molecule has 1 aromatic rings. The summed E-state index contributed by atoms with van der Waals surface area (Å²) in [6.45, 7) is 6.03. The highest BCUT2D eigenvalue weighted by Gasteiger charge is 2.28. The van der Waals surface area contributed by atoms with Crippen LogP contribution in [0.2, 0.25) is 0 Å². The summed E-state index contributed by atoms with van der Waals surface area (Å²) >= 11 is 0. The van der Waals surface area contributed by atoms with Crippen LogP contribution < -0.4 is 11.3 Å². The zero-order valence-electron chi connectivity index (χ0n) is 9.16. The Balaban J connectivity index is 2.30. The molecule has 0 fully saturated rings. The van der Waals surface area contributed by atoms with Crippen molar-refractivity contribution >= 4 is 0 Å². The van der Waals surface area contributed by atoms with E-state index in [-0.39, 0.29) is 6.04 Å². The normalized spacial score (nSPS) is 21.1. The topological polar surface area (TPSA) is 38.0 Å². The van der Waals surface area contributed by atoms with Crippen molar-refractivity contribution < 1.29 is 0 Å². The van der Waals surface area contributed by atoms with Crippen molar-refractivity contribution in [3.05, 3.63) is 47.5 Å². The van der Waals surface area contributed by atoms with Gasteiger partial charge in [0.2, 0.25) is 0 Å². The molecule has 0 saturated carbocycles. The van der Waals surface area contributed by atoms with E-state index >= 15 is 0 Å². The van der Waals surface area contributed by atoms with Crippen LogP contribution in [-0.4, -0.2) is 6.04 Å². The molecule has 2 atom stereocenters. The summed E-state index contributed by atoms with van der Waals surface area (Å²) in [7, 11) is 0. The summed E-state index contributed by atoms with van der Waals surface area (Å²) in [5, 5.41) is 0. The molecule has 80 valence electrons. The van der Waals surface area contributed by atoms with Gasteiger partial charge >= 0.3 is 0 Å². The van der Waals surface area contributed by atoms with Gasteiger partial charge in [0, 0.05) is 12.0 Å². The summed E-state index contributed by atoms with van der Waals surface area (Å²) in [6, 6.07) is 8.83. The Morgan fingerprint density at radius 1 is 1.53 bits per heavy atom. The van der Waals surface area contributed by atoms with Crippen molar-refractivity contribution in [2.24, 2.45) is 5.84 Å². The number of fused-ring (bicyclic) bond motifs is 1. The average Bonchev–Trinajstić information content (AvgIpc) is 2.63. The molecule has 0 spiro atoms. The molecule has 0 radical (unpaired) electrons. The third kappa shape index (κ3) is 1.83. The number of rotatable bonds is 3. The number of nitrogens with two attached hydrogens (primary N) is 1. The van der Waals surface area contributed by atoms with E-state index in [4.69, 9.17) is 5.84 Å². The van der Waals surface area contributed by atoms with Crippen molar-refractivity contribution in [2.45, 2.75) is 31.7 Å². The molecule has 0 heterocycles. The molecule has 0 bridgehead atoms. The van der Waals surface area contributed by atoms with Crippen molar-refractivity contribution in [3.63, 3.8) is 0 Å². The zero-order valence-corrected chi connectivity index (χ0v) is 9.16. The van der Waals surface area contributed by atoms with Gasteiger partial charge in [-0.15, -0.1) is 0 Å². The fourth-order valence-electron chi connectivity index (χ4n) is 2.54. The fourth-order valence-corrected chi connectivity index (χ4v) is 2.54. The average molecular weight is 202 g/mol. The second-order valence-electron chi connectivity index (χ2n) is 4.33. The molecular weight excluding hydrogens is 184 g/mol. The lowest BCUT2D eigenvalue weighted by atomic mass is 9.90. The minimum absolute atomic E-state index is 0.202. The number of hydrogen-bond acceptors (Lipinski definition) is 2. The van der Waals surface area contributed by atoms with Crippen LogP contribution in [0.15, 0.2) is 36.4 Å². The van der Waals surface area contributed by atoms with Gasteiger partial charge in [-0.05, 0) is 30.9 Å². The van der Waals surface area contributed by atoms with Gasteiger partial charge in [0.1, 0.15) is 0 Å². The summed E-state index contributed by atoms with van der Waals surface area (Å²) in [5.41, 5.74) is 6.89. The third-order valence-electron chi connectivity index (χ3n) is 3.29. The Labute approximate surface area is 91.2 Å². The van der Waals surface area contributed by atoms with Crippen molar-refractivity contribution in [1.82, 2.24) is 5.43 Å². The van der Waals surface area contributed by atoms with Crippen LogP contribution in [0.1, 0.15) is 30.4 Å². The van der Waals surface area contributed by atoms with Crippen LogP contribution in [0, 0.1) is 0 Å². The Bertz CT molecular complexity index is 371. The van der Waals surface area contributed by atoms with Gasteiger partial charge in [-0.25, -0.2) is 0 Å². The molecule has 1 aromatic carbocycles. The van der Waals surface area contributed by atoms with E-state index in [1.807, 2.05) is 6.92 Å². The lowest BCUT2D eigenvalue weighted by Crippen LogP contribution is -2.39. The first-order valence-electron chi connectivity index (χ1n) is 5.43. The summed E-state index contributed by atoms with van der Waals surface area (Å²) in [6.07, 6.45) is 2.33. The number of hydrogen-bond donors (Lipinski definition) is 2. The Morgan fingerprint density at radius 3 is 2.93 bits per heavy atom. The Kier molecular flexibility index (Phi) is 2.89. The van der Waals surface area contributed by atoms with Gasteiger partial charge < -0.3 is 0 Å². The van der Waals surface area contributed by atoms with Crippen molar-refractivity contribution in [3.8, 4) is 0 Å². The van der Waals surface area contributed by atoms with Gasteiger partial charge in [-0.2, -0.15) is 0 Å². The highest BCUT2D eigenvalue weighted by atomic mass is 15.2. The van der Waals surface area contributed by atoms with E-state index < -0.39 is 0 Å². The fraction of sp³-hybridized carbons (Fsp3) is 0.385. The van der Waals surface area contributed by atoms with E-state index in [1.165, 1.54) is 17.5 Å². The van der Waals surface area contributed by atoms with Gasteiger partial charge in [-0.1, -0.05) is 36.4 Å². The largest absolute Gasteiger partial charge is 0.271 e. The van der Waals surface area contributed by atoms with Crippen LogP contribution in [0.5, 0.6) is 0 Å². The second kappa shape index (κ2) is 4.17. The highest BCUT2D eigenvalue weighted by molar-refractivity contribution is 5.37. The summed E-state index contributed by atoms with van der Waals surface area (Å²) < 4.78 is 0. The minimum Gasteiger partial charge on any atom is -0.271 e. The first-order chi connectivity index (χ1) is 7.24. The summed E-state index contributed by atoms with van der Waals surface area (Å²) in [5.74, 6) is 6.09. The smallest absolute Gasteiger partial charge is 0.0483 e. The molecule has 3 N–H and O–H groups in total. The molecule has 15 heavy (non-hydrogen) atoms. The van der Waals surface area contributed by atoms with Crippen molar-refractivity contribution in [1.29, 1.82) is 0 Å². The number of aryl methyl sites for hydroxylation is 1. The van der Waals surface area contributed by atoms with Crippen LogP contribution in [0.25, 0.3) is 0 Å². The first-order valence-corrected chi connectivity index (χ1v) is 5.43. The Hall–Kier alpha value is -1.12. The van der Waals surface area contributed by atoms with Crippen LogP contribution in [0.4, 0.5) is 0 Å². The van der Waals surface area contributed by atoms with Gasteiger partial charge in [0.05, 0.1) is 0 Å². The minimum atomic E-state index is 0.202. The van der Waals surface area contributed by atoms with E-state index in [0.29, 0.717) is 5.92 Å². The maximum atomic E-state index is 5.60. The second-order valence-corrected chi connectivity index (χ2v) is 4.33. The van der Waals surface area contributed by atoms with Crippen LogP contribution >= 0.6 is 0 Å². The number of hydrazine groups is 1. The van der Waals surface area contributed by atoms with E-state index in [1.54, 1.807) is 0 Å². The highest BCUT2D eigenvalue weighted by Crippen LogP contribution is 2.36. The van der Waals surface area contributed by atoms with Gasteiger partial charge in [0.15, 0.2) is 0 Å². The first kappa shape index (κ1) is 10.4. The molecule has 2 heteroatoms. The van der Waals surface area contributed by atoms with E-state index in [2.05, 4.69) is 36.3 Å². The van der Waals surface area contributed by atoms with Gasteiger partial charge in [-0.3, -0.25) is 11.3 Å². The standard InChI is InChI=1S/C13H18N2/c1-9(2)13(15-14)12-8-7-10-5-3-4-6-11(10)12/h3-6,12-13,15H,1,7-8,14H2,2H3. The van der Waals surface area contributed by atoms with E-state index in [9.17, 15) is 0 Å². The third-order valence-corrected chi connectivity index (χ3v) is 3.29. The Morgan fingerprint density at radius 2 is 2.27 bits per heavy atom. The molecule has 0 aromatic heterocycles. The molecule has 1 aliphatic rings. The van der Waals surface area contributed by atoms with E-state index in [0.717, 1.165) is 12.0 Å². The molecule has 1 aliphatic carbocycles. The van der Waals surface area contributed by atoms with Crippen molar-refractivity contribution in [2.75, 3.05) is 0 Å². The molecule has 2 unspecified atom stereocenters. The number of nitrogens with one attached hydrogen (secondary N) is 1. The van der Waals surface area contributed by atoms with Crippen LogP contribution in [-0.2, 0) is 6.42 Å². The molecule has 2 rings (SSSR count). The maximum Gasteiger partial charge on any atom is 0.0483 e. The molecule has 0 saturated heterocycles. The molecular formula is C13H18N2. The quantitative estimate of drug-likeness (QED) is 0.447. The SMILES string of the molecule is C=C(C)C(NN)C1CCc2ccccc21. The molecule has 2 nitrogen and oxygen atoms in total. The lowest BCUT2D eigenvalue weighted by molar-refractivity contribution is 0.488. The predicted octanol–water partition coefficient (Wildman–Crippen LogP) is 2.12. The summed E-state index contributed by atoms with van der Waals surface area (Å²) in [4.78, 5) is 0. The lowest BCUT2D eigenvalue weighted by Gasteiger charge is -2.23. The molecule has 0 amide bonds. The number of benzene rings is 1. The zero-order chi connectivity index (χ0) is 10.8. The molecule has 0 aliphatic heterocycles. The van der Waals surface area contributed by atoms with Crippen LogP contribution in [0.3, 0.4) is 0 Å².